The van der Waals surface area contributed by atoms with Crippen LogP contribution in [0.15, 0.2) is 0 Å². The number of thioether (sulfide) groups is 1. The van der Waals surface area contributed by atoms with Crippen molar-refractivity contribution in [3.63, 3.8) is 0 Å². The van der Waals surface area contributed by atoms with E-state index in [-0.39, 0.29) is 0 Å². The van der Waals surface area contributed by atoms with Crippen LogP contribution in [0, 0.1) is 5.92 Å². The van der Waals surface area contributed by atoms with E-state index >= 15 is 0 Å². The summed E-state index contributed by atoms with van der Waals surface area (Å²) in [5.41, 5.74) is 6.08. The predicted octanol–water partition coefficient (Wildman–Crippen LogP) is 1.62. The molecule has 0 heterocycles. The Morgan fingerprint density at radius 1 is 1.38 bits per heavy atom. The third-order valence-corrected chi connectivity index (χ3v) is 3.96. The maximum Gasteiger partial charge on any atom is 0.0438 e. The van der Waals surface area contributed by atoms with Gasteiger partial charge in [0, 0.05) is 18.4 Å². The molecule has 0 aromatic heterocycles. The van der Waals surface area contributed by atoms with E-state index in [2.05, 4.69) is 0 Å². The Hall–Kier alpha value is 0.270. The lowest BCUT2D eigenvalue weighted by molar-refractivity contribution is 0.296. The molecule has 0 radical (unpaired) electrons. The largest absolute Gasteiger partial charge is 0.396 e. The van der Waals surface area contributed by atoms with E-state index < -0.39 is 0 Å². The molecule has 1 fully saturated rings. The molecule has 1 atom stereocenters. The second-order valence-electron chi connectivity index (χ2n) is 3.86. The molecular formula is C10H21NOS. The van der Waals surface area contributed by atoms with Crippen LogP contribution < -0.4 is 5.73 Å². The Balaban J connectivity index is 1.99. The van der Waals surface area contributed by atoms with Crippen LogP contribution in [0.5, 0.6) is 0 Å². The molecule has 3 N–H and O–H groups in total. The van der Waals surface area contributed by atoms with Crippen LogP contribution in [0.2, 0.25) is 0 Å². The van der Waals surface area contributed by atoms with Crippen molar-refractivity contribution >= 4 is 11.8 Å². The maximum absolute atomic E-state index is 8.60. The van der Waals surface area contributed by atoms with Gasteiger partial charge in [0.2, 0.25) is 0 Å². The van der Waals surface area contributed by atoms with E-state index in [1.54, 1.807) is 0 Å². The molecule has 0 amide bonds. The van der Waals surface area contributed by atoms with Crippen molar-refractivity contribution in [3.05, 3.63) is 0 Å². The van der Waals surface area contributed by atoms with E-state index in [1.165, 1.54) is 25.7 Å². The van der Waals surface area contributed by atoms with E-state index in [9.17, 15) is 0 Å². The third-order valence-electron chi connectivity index (χ3n) is 2.76. The molecule has 1 unspecified atom stereocenters. The molecule has 0 aliphatic heterocycles. The fourth-order valence-corrected chi connectivity index (χ4v) is 2.95. The van der Waals surface area contributed by atoms with Gasteiger partial charge in [0.1, 0.15) is 0 Å². The minimum Gasteiger partial charge on any atom is -0.396 e. The molecule has 0 saturated heterocycles. The number of aliphatic hydroxyl groups excluding tert-OH is 1. The standard InChI is InChI=1S/C10H21NOS/c11-10(8-13-7-3-6-12)9-4-1-2-5-9/h9-10,12H,1-8,11H2. The number of rotatable bonds is 6. The zero-order valence-corrected chi connectivity index (χ0v) is 9.06. The molecule has 1 saturated carbocycles. The first-order chi connectivity index (χ1) is 6.34. The first kappa shape index (κ1) is 11.3. The normalized spacial score (nSPS) is 20.8. The Kier molecular flexibility index (Phi) is 5.83. The summed E-state index contributed by atoms with van der Waals surface area (Å²) in [5, 5.41) is 8.60. The molecule has 3 heteroatoms. The van der Waals surface area contributed by atoms with Crippen molar-refractivity contribution in [2.75, 3.05) is 18.1 Å². The van der Waals surface area contributed by atoms with Gasteiger partial charge in [0.25, 0.3) is 0 Å². The van der Waals surface area contributed by atoms with Gasteiger partial charge in [-0.25, -0.2) is 0 Å². The third kappa shape index (κ3) is 4.34. The van der Waals surface area contributed by atoms with E-state index in [0.717, 1.165) is 23.8 Å². The molecule has 1 aliphatic rings. The number of aliphatic hydroxyl groups is 1. The molecule has 78 valence electrons. The zero-order valence-electron chi connectivity index (χ0n) is 8.24. The van der Waals surface area contributed by atoms with Crippen LogP contribution in [0.4, 0.5) is 0 Å². The summed E-state index contributed by atoms with van der Waals surface area (Å²) in [6, 6.07) is 0.395. The topological polar surface area (TPSA) is 46.2 Å². The quantitative estimate of drug-likeness (QED) is 0.645. The highest BCUT2D eigenvalue weighted by Crippen LogP contribution is 2.28. The van der Waals surface area contributed by atoms with Gasteiger partial charge >= 0.3 is 0 Å². The Morgan fingerprint density at radius 3 is 2.69 bits per heavy atom. The van der Waals surface area contributed by atoms with Gasteiger partial charge in [-0.1, -0.05) is 12.8 Å². The van der Waals surface area contributed by atoms with Crippen molar-refractivity contribution in [1.29, 1.82) is 0 Å². The molecule has 2 nitrogen and oxygen atoms in total. The molecule has 1 rings (SSSR count). The van der Waals surface area contributed by atoms with Crippen molar-refractivity contribution in [2.24, 2.45) is 11.7 Å². The van der Waals surface area contributed by atoms with Gasteiger partial charge in [-0.2, -0.15) is 11.8 Å². The predicted molar refractivity (Wildman–Crippen MR) is 59.0 cm³/mol. The summed E-state index contributed by atoms with van der Waals surface area (Å²) < 4.78 is 0. The second-order valence-corrected chi connectivity index (χ2v) is 5.01. The Bertz CT molecular complexity index is 126. The highest BCUT2D eigenvalue weighted by Gasteiger charge is 2.21. The van der Waals surface area contributed by atoms with Gasteiger partial charge in [-0.05, 0) is 30.9 Å². The molecule has 0 spiro atoms. The maximum atomic E-state index is 8.60. The molecule has 1 aliphatic carbocycles. The first-order valence-corrected chi connectivity index (χ1v) is 6.44. The highest BCUT2D eigenvalue weighted by molar-refractivity contribution is 7.99. The fraction of sp³-hybridized carbons (Fsp3) is 1.00. The summed E-state index contributed by atoms with van der Waals surface area (Å²) in [5.74, 6) is 2.91. The van der Waals surface area contributed by atoms with Gasteiger partial charge in [-0.3, -0.25) is 0 Å². The SMILES string of the molecule is NC(CSCCCO)C1CCCC1. The molecule has 13 heavy (non-hydrogen) atoms. The van der Waals surface area contributed by atoms with Crippen LogP contribution in [-0.4, -0.2) is 29.3 Å². The van der Waals surface area contributed by atoms with E-state index in [1.807, 2.05) is 11.8 Å². The van der Waals surface area contributed by atoms with Crippen LogP contribution >= 0.6 is 11.8 Å². The van der Waals surface area contributed by atoms with Crippen LogP contribution in [0.1, 0.15) is 32.1 Å². The van der Waals surface area contributed by atoms with Gasteiger partial charge in [0.05, 0.1) is 0 Å². The average Bonchev–Trinajstić information content (AvgIpc) is 2.65. The summed E-state index contributed by atoms with van der Waals surface area (Å²) >= 11 is 1.89. The van der Waals surface area contributed by atoms with Crippen LogP contribution in [-0.2, 0) is 0 Å². The lowest BCUT2D eigenvalue weighted by atomic mass is 10.0. The summed E-state index contributed by atoms with van der Waals surface area (Å²) in [7, 11) is 0. The van der Waals surface area contributed by atoms with Crippen LogP contribution in [0.3, 0.4) is 0 Å². The Labute approximate surface area is 85.3 Å². The summed E-state index contributed by atoms with van der Waals surface area (Å²) in [6.07, 6.45) is 6.32. The number of hydrogen-bond donors (Lipinski definition) is 2. The fourth-order valence-electron chi connectivity index (χ4n) is 1.91. The number of nitrogens with two attached hydrogens (primary N) is 1. The highest BCUT2D eigenvalue weighted by atomic mass is 32.2. The molecule has 0 bridgehead atoms. The minimum absolute atomic E-state index is 0.311. The summed E-state index contributed by atoms with van der Waals surface area (Å²) in [6.45, 7) is 0.311. The van der Waals surface area contributed by atoms with Crippen LogP contribution in [0.25, 0.3) is 0 Å². The van der Waals surface area contributed by atoms with Gasteiger partial charge in [0.15, 0.2) is 0 Å². The first-order valence-electron chi connectivity index (χ1n) is 5.28. The van der Waals surface area contributed by atoms with E-state index in [4.69, 9.17) is 10.8 Å². The average molecular weight is 203 g/mol. The Morgan fingerprint density at radius 2 is 2.08 bits per heavy atom. The van der Waals surface area contributed by atoms with Gasteiger partial charge < -0.3 is 10.8 Å². The second kappa shape index (κ2) is 6.68. The number of hydrogen-bond acceptors (Lipinski definition) is 3. The smallest absolute Gasteiger partial charge is 0.0438 e. The van der Waals surface area contributed by atoms with E-state index in [0.29, 0.717) is 12.6 Å². The molecular weight excluding hydrogens is 182 g/mol. The van der Waals surface area contributed by atoms with Crippen molar-refractivity contribution in [1.82, 2.24) is 0 Å². The van der Waals surface area contributed by atoms with Crippen molar-refractivity contribution in [2.45, 2.75) is 38.1 Å². The van der Waals surface area contributed by atoms with Crippen molar-refractivity contribution < 1.29 is 5.11 Å². The summed E-state index contributed by atoms with van der Waals surface area (Å²) in [4.78, 5) is 0. The van der Waals surface area contributed by atoms with Gasteiger partial charge in [-0.15, -0.1) is 0 Å². The molecule has 0 aromatic carbocycles. The van der Waals surface area contributed by atoms with Crippen molar-refractivity contribution in [3.8, 4) is 0 Å². The lowest BCUT2D eigenvalue weighted by Gasteiger charge is -2.17. The minimum atomic E-state index is 0.311. The monoisotopic (exact) mass is 203 g/mol. The molecule has 0 aromatic rings. The lowest BCUT2D eigenvalue weighted by Crippen LogP contribution is -2.30. The zero-order chi connectivity index (χ0) is 9.52.